The van der Waals surface area contributed by atoms with Crippen molar-refractivity contribution in [3.8, 4) is 22.6 Å². The van der Waals surface area contributed by atoms with Crippen LogP contribution in [0.5, 0.6) is 11.5 Å². The van der Waals surface area contributed by atoms with Crippen molar-refractivity contribution < 1.29 is 9.15 Å². The number of hydrogen-bond acceptors (Lipinski definition) is 4. The Morgan fingerprint density at radius 3 is 2.22 bits per heavy atom. The molecule has 3 heterocycles. The zero-order chi connectivity index (χ0) is 36.5. The van der Waals surface area contributed by atoms with Crippen molar-refractivity contribution in [1.82, 2.24) is 0 Å². The molecule has 0 saturated carbocycles. The van der Waals surface area contributed by atoms with E-state index < -0.39 is 0 Å². The molecule has 0 atom stereocenters. The molecule has 0 amide bonds. The highest BCUT2D eigenvalue weighted by atomic mass is 16.5. The predicted molar refractivity (Wildman–Crippen MR) is 228 cm³/mol. The van der Waals surface area contributed by atoms with E-state index in [1.54, 1.807) is 0 Å². The van der Waals surface area contributed by atoms with Crippen LogP contribution in [0.3, 0.4) is 0 Å². The number of hydrogen-bond donors (Lipinski definition) is 1. The molecule has 0 bridgehead atoms. The van der Waals surface area contributed by atoms with Crippen molar-refractivity contribution >= 4 is 79.4 Å². The van der Waals surface area contributed by atoms with Gasteiger partial charge in [0.1, 0.15) is 5.58 Å². The van der Waals surface area contributed by atoms with E-state index in [1.165, 1.54) is 61.7 Å². The van der Waals surface area contributed by atoms with E-state index in [0.29, 0.717) is 0 Å². The van der Waals surface area contributed by atoms with E-state index in [1.807, 2.05) is 12.1 Å². The van der Waals surface area contributed by atoms with Crippen LogP contribution in [0.25, 0.3) is 43.8 Å². The second kappa shape index (κ2) is 11.1. The molecule has 4 nitrogen and oxygen atoms in total. The van der Waals surface area contributed by atoms with E-state index >= 15 is 0 Å². The number of fused-ring (bicyclic) bond motifs is 11. The minimum atomic E-state index is 0.0507. The molecule has 2 aliphatic heterocycles. The SMILES string of the molecule is Cc1cc2c(cc1N1c3c(c(-c4cccc5c4Nc4ccccc4O5)cc4ccccc34)Bc3ccc4c(oc5ccccc54)c31)C(C)(C)CCC2(C)C. The quantitative estimate of drug-likeness (QED) is 0.182. The van der Waals surface area contributed by atoms with Crippen molar-refractivity contribution in [2.24, 2.45) is 0 Å². The van der Waals surface area contributed by atoms with E-state index in [9.17, 15) is 0 Å². The Hall–Kier alpha value is -5.94. The van der Waals surface area contributed by atoms with Crippen molar-refractivity contribution in [3.63, 3.8) is 0 Å². The first-order valence-electron chi connectivity index (χ1n) is 19.3. The normalized spacial score (nSPS) is 16.1. The Morgan fingerprint density at radius 1 is 0.648 bits per heavy atom. The topological polar surface area (TPSA) is 37.6 Å². The van der Waals surface area contributed by atoms with Crippen LogP contribution >= 0.6 is 0 Å². The molecule has 54 heavy (non-hydrogen) atoms. The number of para-hydroxylation sites is 4. The van der Waals surface area contributed by atoms with Crippen molar-refractivity contribution in [2.45, 2.75) is 58.3 Å². The molecule has 0 spiro atoms. The lowest BCUT2D eigenvalue weighted by Crippen LogP contribution is -2.42. The summed E-state index contributed by atoms with van der Waals surface area (Å²) in [6.07, 6.45) is 2.33. The Morgan fingerprint density at radius 2 is 1.37 bits per heavy atom. The lowest BCUT2D eigenvalue weighted by Gasteiger charge is -2.44. The molecule has 1 aromatic heterocycles. The highest BCUT2D eigenvalue weighted by molar-refractivity contribution is 6.74. The molecule has 0 unspecified atom stereocenters. The average molecular weight is 701 g/mol. The third kappa shape index (κ3) is 4.45. The predicted octanol–water partition coefficient (Wildman–Crippen LogP) is 12.1. The van der Waals surface area contributed by atoms with E-state index in [4.69, 9.17) is 9.15 Å². The van der Waals surface area contributed by atoms with Gasteiger partial charge in [-0.1, -0.05) is 118 Å². The van der Waals surface area contributed by atoms with Gasteiger partial charge in [0.25, 0.3) is 0 Å². The van der Waals surface area contributed by atoms with Crippen LogP contribution in [-0.4, -0.2) is 7.28 Å². The summed E-state index contributed by atoms with van der Waals surface area (Å²) < 4.78 is 13.4. The molecular weight excluding hydrogens is 659 g/mol. The Bertz CT molecular complexity index is 2900. The lowest BCUT2D eigenvalue weighted by atomic mass is 9.57. The molecule has 5 heteroatoms. The molecular formula is C49H41BN2O2. The fourth-order valence-corrected chi connectivity index (χ4v) is 9.63. The van der Waals surface area contributed by atoms with Crippen LogP contribution in [0.2, 0.25) is 0 Å². The van der Waals surface area contributed by atoms with Gasteiger partial charge in [-0.25, -0.2) is 0 Å². The number of furan rings is 1. The molecule has 3 aliphatic rings. The summed E-state index contributed by atoms with van der Waals surface area (Å²) >= 11 is 0. The third-order valence-corrected chi connectivity index (χ3v) is 12.6. The fourth-order valence-electron chi connectivity index (χ4n) is 9.63. The van der Waals surface area contributed by atoms with Crippen molar-refractivity contribution in [1.29, 1.82) is 0 Å². The summed E-state index contributed by atoms with van der Waals surface area (Å²) in [7, 11) is 0.762. The van der Waals surface area contributed by atoms with E-state index in [-0.39, 0.29) is 10.8 Å². The molecule has 8 aromatic rings. The molecule has 11 rings (SSSR count). The first kappa shape index (κ1) is 31.6. The van der Waals surface area contributed by atoms with Gasteiger partial charge in [-0.05, 0) is 100 Å². The maximum Gasteiger partial charge on any atom is 0.198 e. The van der Waals surface area contributed by atoms with Crippen LogP contribution < -0.4 is 25.9 Å². The maximum absolute atomic E-state index is 6.91. The van der Waals surface area contributed by atoms with Gasteiger partial charge in [0.05, 0.1) is 17.1 Å². The van der Waals surface area contributed by atoms with Gasteiger partial charge in [-0.15, -0.1) is 0 Å². The number of rotatable bonds is 2. The second-order valence-corrected chi connectivity index (χ2v) is 16.9. The Kier molecular flexibility index (Phi) is 6.46. The van der Waals surface area contributed by atoms with Gasteiger partial charge in [0, 0.05) is 33.1 Å². The summed E-state index contributed by atoms with van der Waals surface area (Å²) in [5, 5.41) is 8.49. The van der Waals surface area contributed by atoms with Gasteiger partial charge in [-0.2, -0.15) is 0 Å². The number of ether oxygens (including phenoxy) is 1. The third-order valence-electron chi connectivity index (χ3n) is 12.6. The molecule has 0 radical (unpaired) electrons. The number of nitrogens with zero attached hydrogens (tertiary/aromatic N) is 1. The molecule has 0 fully saturated rings. The first-order chi connectivity index (χ1) is 26.2. The molecule has 7 aromatic carbocycles. The minimum Gasteiger partial charge on any atom is -0.454 e. The molecule has 0 saturated heterocycles. The van der Waals surface area contributed by atoms with Crippen molar-refractivity contribution in [3.05, 3.63) is 138 Å². The molecule has 1 aliphatic carbocycles. The zero-order valence-corrected chi connectivity index (χ0v) is 31.4. The summed E-state index contributed by atoms with van der Waals surface area (Å²) in [6.45, 7) is 12.0. The lowest BCUT2D eigenvalue weighted by molar-refractivity contribution is 0.332. The van der Waals surface area contributed by atoms with Crippen LogP contribution in [0.4, 0.5) is 28.4 Å². The summed E-state index contributed by atoms with van der Waals surface area (Å²) in [4.78, 5) is 2.58. The summed E-state index contributed by atoms with van der Waals surface area (Å²) in [6, 6.07) is 44.0. The number of aryl methyl sites for hydroxylation is 1. The van der Waals surface area contributed by atoms with Gasteiger partial charge < -0.3 is 19.4 Å². The number of anilines is 5. The highest BCUT2D eigenvalue weighted by Crippen LogP contribution is 2.53. The standard InChI is InChI=1S/C49H41BN2O2/c1-28-25-35-36(49(4,5)24-23-48(35,2)3)27-39(28)52-45-30-14-7-6-13-29(30)26-34(32-16-12-20-42-44(32)51-38-17-9-11-19-41(38)53-42)43(45)50-37-22-21-33-31-15-8-10-18-40(31)54-47(33)46(37)52/h6-22,25-27,50-51H,23-24H2,1-5H3. The van der Waals surface area contributed by atoms with Gasteiger partial charge in [0.15, 0.2) is 24.4 Å². The Labute approximate surface area is 316 Å². The largest absolute Gasteiger partial charge is 0.454 e. The molecule has 1 N–H and O–H groups in total. The smallest absolute Gasteiger partial charge is 0.198 e. The zero-order valence-electron chi connectivity index (χ0n) is 31.4. The van der Waals surface area contributed by atoms with Crippen LogP contribution in [0.15, 0.2) is 126 Å². The highest BCUT2D eigenvalue weighted by Gasteiger charge is 2.40. The fraction of sp³-hybridized carbons (Fsp3) is 0.184. The number of nitrogens with one attached hydrogen (secondary N) is 1. The van der Waals surface area contributed by atoms with E-state index in [0.717, 1.165) is 69.8 Å². The molecule has 262 valence electrons. The Balaban J connectivity index is 1.25. The second-order valence-electron chi connectivity index (χ2n) is 16.9. The van der Waals surface area contributed by atoms with Crippen LogP contribution in [0.1, 0.15) is 57.2 Å². The van der Waals surface area contributed by atoms with Gasteiger partial charge in [0.2, 0.25) is 0 Å². The average Bonchev–Trinajstić information content (AvgIpc) is 3.56. The van der Waals surface area contributed by atoms with Crippen LogP contribution in [-0.2, 0) is 10.8 Å². The van der Waals surface area contributed by atoms with Crippen molar-refractivity contribution in [2.75, 3.05) is 10.2 Å². The monoisotopic (exact) mass is 700 g/mol. The maximum atomic E-state index is 6.91. The van der Waals surface area contributed by atoms with Crippen LogP contribution in [0, 0.1) is 6.92 Å². The van der Waals surface area contributed by atoms with Gasteiger partial charge >= 0.3 is 0 Å². The number of benzene rings is 7. The summed E-state index contributed by atoms with van der Waals surface area (Å²) in [5.74, 6) is 1.67. The first-order valence-corrected chi connectivity index (χ1v) is 19.3. The minimum absolute atomic E-state index is 0.0507. The van der Waals surface area contributed by atoms with E-state index in [2.05, 4.69) is 154 Å². The summed E-state index contributed by atoms with van der Waals surface area (Å²) in [5.41, 5.74) is 16.6. The van der Waals surface area contributed by atoms with Gasteiger partial charge in [-0.3, -0.25) is 0 Å².